The predicted octanol–water partition coefficient (Wildman–Crippen LogP) is 0.253. The normalized spacial score (nSPS) is 29.0. The van der Waals surface area contributed by atoms with Crippen LogP contribution in [0.25, 0.3) is 0 Å². The van der Waals surface area contributed by atoms with E-state index < -0.39 is 42.2 Å². The standard InChI is InChI=1S/C23H27N3O7/c1-32-15-7-4-5-13(11-15)20(28)24-16-8-3-2-6-14-9-10-18(26(14)22(16)30)21(29)25-17-12-19(27)33-23(17)31/h2-5,7,11,14,16-18,23,31H,6,8-10,12H2,1H3,(H,24,28)(H,25,29)/t14-,16-,17?,18+,23?/m1/s1. The molecule has 3 heterocycles. The van der Waals surface area contributed by atoms with Crippen molar-refractivity contribution < 1.29 is 33.8 Å². The number of amides is 3. The monoisotopic (exact) mass is 457 g/mol. The topological polar surface area (TPSA) is 134 Å². The molecule has 4 rings (SSSR count). The average Bonchev–Trinajstić information content (AvgIpc) is 3.36. The first-order valence-corrected chi connectivity index (χ1v) is 11.0. The zero-order chi connectivity index (χ0) is 23.5. The minimum Gasteiger partial charge on any atom is -0.497 e. The molecule has 0 radical (unpaired) electrons. The zero-order valence-electron chi connectivity index (χ0n) is 18.2. The lowest BCUT2D eigenvalue weighted by atomic mass is 10.0. The molecule has 1 aromatic carbocycles. The number of hydrogen-bond acceptors (Lipinski definition) is 7. The summed E-state index contributed by atoms with van der Waals surface area (Å²) in [6, 6.07) is 4.01. The Labute approximate surface area is 190 Å². The summed E-state index contributed by atoms with van der Waals surface area (Å²) in [6.45, 7) is 0. The van der Waals surface area contributed by atoms with Crippen LogP contribution in [0, 0.1) is 0 Å². The number of carbonyl (C=O) groups excluding carboxylic acids is 4. The van der Waals surface area contributed by atoms with Crippen molar-refractivity contribution in [2.75, 3.05) is 7.11 Å². The van der Waals surface area contributed by atoms with Crippen molar-refractivity contribution in [2.24, 2.45) is 0 Å². The first-order chi connectivity index (χ1) is 15.9. The third-order valence-electron chi connectivity index (χ3n) is 6.25. The van der Waals surface area contributed by atoms with E-state index >= 15 is 0 Å². The third-order valence-corrected chi connectivity index (χ3v) is 6.25. The third kappa shape index (κ3) is 4.85. The largest absolute Gasteiger partial charge is 0.497 e. The first kappa shape index (κ1) is 22.8. The highest BCUT2D eigenvalue weighted by molar-refractivity contribution is 5.99. The molecule has 3 N–H and O–H groups in total. The first-order valence-electron chi connectivity index (χ1n) is 11.0. The molecule has 0 bridgehead atoms. The van der Waals surface area contributed by atoms with Gasteiger partial charge in [-0.15, -0.1) is 0 Å². The van der Waals surface area contributed by atoms with Crippen molar-refractivity contribution in [3.8, 4) is 5.75 Å². The molecule has 3 aliphatic heterocycles. The Balaban J connectivity index is 1.49. The molecule has 10 nitrogen and oxygen atoms in total. The fourth-order valence-corrected chi connectivity index (χ4v) is 4.54. The lowest BCUT2D eigenvalue weighted by Gasteiger charge is -2.34. The van der Waals surface area contributed by atoms with Crippen LogP contribution in [-0.2, 0) is 19.1 Å². The van der Waals surface area contributed by atoms with Gasteiger partial charge in [0, 0.05) is 11.6 Å². The van der Waals surface area contributed by atoms with Gasteiger partial charge in [0.25, 0.3) is 5.91 Å². The highest BCUT2D eigenvalue weighted by atomic mass is 16.6. The van der Waals surface area contributed by atoms with Crippen molar-refractivity contribution in [3.63, 3.8) is 0 Å². The molecule has 0 spiro atoms. The van der Waals surface area contributed by atoms with Crippen LogP contribution in [-0.4, -0.2) is 71.3 Å². The van der Waals surface area contributed by atoms with Gasteiger partial charge in [0.1, 0.15) is 23.9 Å². The van der Waals surface area contributed by atoms with E-state index in [4.69, 9.17) is 4.74 Å². The van der Waals surface area contributed by atoms with Crippen molar-refractivity contribution in [2.45, 2.75) is 62.6 Å². The Hall–Kier alpha value is -3.40. The summed E-state index contributed by atoms with van der Waals surface area (Å²) in [5.41, 5.74) is 0.361. The fourth-order valence-electron chi connectivity index (χ4n) is 4.54. The summed E-state index contributed by atoms with van der Waals surface area (Å²) in [5.74, 6) is -1.26. The number of aliphatic hydroxyl groups excluding tert-OH is 1. The van der Waals surface area contributed by atoms with Gasteiger partial charge in [-0.3, -0.25) is 19.2 Å². The van der Waals surface area contributed by atoms with E-state index in [-0.39, 0.29) is 18.4 Å². The van der Waals surface area contributed by atoms with Crippen molar-refractivity contribution in [1.82, 2.24) is 15.5 Å². The number of methoxy groups -OCH3 is 1. The number of aliphatic hydroxyl groups is 1. The molecule has 0 aromatic heterocycles. The molecule has 2 unspecified atom stereocenters. The highest BCUT2D eigenvalue weighted by Gasteiger charge is 2.45. The number of nitrogens with zero attached hydrogens (tertiary/aromatic N) is 1. The van der Waals surface area contributed by atoms with E-state index in [1.807, 2.05) is 12.2 Å². The molecular weight excluding hydrogens is 430 g/mol. The number of benzene rings is 1. The summed E-state index contributed by atoms with van der Waals surface area (Å²) in [7, 11) is 1.51. The zero-order valence-corrected chi connectivity index (χ0v) is 18.2. The Morgan fingerprint density at radius 3 is 2.67 bits per heavy atom. The lowest BCUT2D eigenvalue weighted by Crippen LogP contribution is -2.57. The number of fused-ring (bicyclic) bond motifs is 1. The minimum absolute atomic E-state index is 0.126. The number of cyclic esters (lactones) is 1. The molecule has 5 atom stereocenters. The van der Waals surface area contributed by atoms with Gasteiger partial charge in [-0.05, 0) is 43.9 Å². The Morgan fingerprint density at radius 2 is 1.94 bits per heavy atom. The lowest BCUT2D eigenvalue weighted by molar-refractivity contribution is -0.155. The van der Waals surface area contributed by atoms with Crippen molar-refractivity contribution >= 4 is 23.7 Å². The molecule has 3 amide bonds. The van der Waals surface area contributed by atoms with Gasteiger partial charge in [-0.2, -0.15) is 0 Å². The van der Waals surface area contributed by atoms with E-state index in [2.05, 4.69) is 15.4 Å². The van der Waals surface area contributed by atoms with E-state index in [1.165, 1.54) is 7.11 Å². The Kier molecular flexibility index (Phi) is 6.64. The average molecular weight is 457 g/mol. The second-order valence-corrected chi connectivity index (χ2v) is 8.39. The van der Waals surface area contributed by atoms with E-state index in [0.29, 0.717) is 37.0 Å². The summed E-state index contributed by atoms with van der Waals surface area (Å²) < 4.78 is 9.84. The molecule has 1 aromatic rings. The second kappa shape index (κ2) is 9.62. The summed E-state index contributed by atoms with van der Waals surface area (Å²) in [6.07, 6.45) is 4.30. The molecule has 3 aliphatic rings. The van der Waals surface area contributed by atoms with Crippen LogP contribution in [0.1, 0.15) is 42.5 Å². The number of ether oxygens (including phenoxy) is 2. The number of rotatable bonds is 5. The molecule has 2 saturated heterocycles. The van der Waals surface area contributed by atoms with Crippen LogP contribution >= 0.6 is 0 Å². The van der Waals surface area contributed by atoms with Gasteiger partial charge >= 0.3 is 5.97 Å². The van der Waals surface area contributed by atoms with E-state index in [1.54, 1.807) is 29.2 Å². The Morgan fingerprint density at radius 1 is 1.15 bits per heavy atom. The SMILES string of the molecule is COc1cccc(C(=O)N[C@@H]2CC=CC[C@@H]3CC[C@@H](C(=O)NC4CC(=O)OC4O)N3C2=O)c1. The molecule has 0 aliphatic carbocycles. The molecule has 33 heavy (non-hydrogen) atoms. The van der Waals surface area contributed by atoms with Gasteiger partial charge in [0.15, 0.2) is 0 Å². The summed E-state index contributed by atoms with van der Waals surface area (Å²) in [4.78, 5) is 52.2. The predicted molar refractivity (Wildman–Crippen MR) is 115 cm³/mol. The van der Waals surface area contributed by atoms with E-state index in [9.17, 15) is 24.3 Å². The number of carbonyl (C=O) groups is 4. The van der Waals surface area contributed by atoms with Gasteiger partial charge in [0.2, 0.25) is 18.1 Å². The van der Waals surface area contributed by atoms with Crippen LogP contribution in [0.2, 0.25) is 0 Å². The highest BCUT2D eigenvalue weighted by Crippen LogP contribution is 2.30. The Bertz CT molecular complexity index is 979. The van der Waals surface area contributed by atoms with E-state index in [0.717, 1.165) is 0 Å². The quantitative estimate of drug-likeness (QED) is 0.426. The van der Waals surface area contributed by atoms with Crippen molar-refractivity contribution in [1.29, 1.82) is 0 Å². The maximum absolute atomic E-state index is 13.5. The molecule has 176 valence electrons. The van der Waals surface area contributed by atoms with Gasteiger partial charge < -0.3 is 30.1 Å². The summed E-state index contributed by atoms with van der Waals surface area (Å²) >= 11 is 0. The number of nitrogens with one attached hydrogen (secondary N) is 2. The van der Waals surface area contributed by atoms with Crippen LogP contribution in [0.4, 0.5) is 0 Å². The van der Waals surface area contributed by atoms with Crippen molar-refractivity contribution in [3.05, 3.63) is 42.0 Å². The molecule has 0 saturated carbocycles. The van der Waals surface area contributed by atoms with Crippen LogP contribution in [0.3, 0.4) is 0 Å². The molecule has 10 heteroatoms. The van der Waals surface area contributed by atoms with Gasteiger partial charge in [-0.1, -0.05) is 18.2 Å². The van der Waals surface area contributed by atoms with Crippen LogP contribution in [0.5, 0.6) is 5.75 Å². The number of hydrogen-bond donors (Lipinski definition) is 3. The maximum Gasteiger partial charge on any atom is 0.310 e. The molecule has 2 fully saturated rings. The smallest absolute Gasteiger partial charge is 0.310 e. The van der Waals surface area contributed by atoms with Gasteiger partial charge in [0.05, 0.1) is 13.5 Å². The van der Waals surface area contributed by atoms with Gasteiger partial charge in [-0.25, -0.2) is 0 Å². The van der Waals surface area contributed by atoms with Crippen LogP contribution < -0.4 is 15.4 Å². The maximum atomic E-state index is 13.5. The molecular formula is C23H27N3O7. The number of esters is 1. The summed E-state index contributed by atoms with van der Waals surface area (Å²) in [5, 5.41) is 15.2. The second-order valence-electron chi connectivity index (χ2n) is 8.39. The minimum atomic E-state index is -1.40. The van der Waals surface area contributed by atoms with Crippen LogP contribution in [0.15, 0.2) is 36.4 Å². The fraction of sp³-hybridized carbons (Fsp3) is 0.478.